The van der Waals surface area contributed by atoms with E-state index in [0.717, 1.165) is 5.69 Å². The predicted octanol–water partition coefficient (Wildman–Crippen LogP) is 3.63. The first-order valence-electron chi connectivity index (χ1n) is 7.93. The van der Waals surface area contributed by atoms with Crippen LogP contribution in [0.5, 0.6) is 0 Å². The van der Waals surface area contributed by atoms with E-state index in [0.29, 0.717) is 10.9 Å². The molecule has 23 heavy (non-hydrogen) atoms. The molecule has 2 rings (SSSR count). The molecule has 0 fully saturated rings. The van der Waals surface area contributed by atoms with Gasteiger partial charge in [-0.05, 0) is 31.2 Å². The molecular formula is C19H24ClN2O+. The maximum atomic E-state index is 12.4. The molecule has 0 aliphatic carbocycles. The monoisotopic (exact) mass is 331 g/mol. The lowest BCUT2D eigenvalue weighted by Gasteiger charge is -2.23. The number of halogens is 1. The van der Waals surface area contributed by atoms with E-state index in [1.54, 1.807) is 12.1 Å². The van der Waals surface area contributed by atoms with Crippen molar-refractivity contribution in [2.24, 2.45) is 5.92 Å². The molecule has 0 aromatic heterocycles. The normalized spacial score (nSPS) is 13.6. The molecule has 122 valence electrons. The molecule has 0 radical (unpaired) electrons. The summed E-state index contributed by atoms with van der Waals surface area (Å²) in [7, 11) is 0. The van der Waals surface area contributed by atoms with Crippen LogP contribution < -0.4 is 10.6 Å². The molecule has 0 saturated carbocycles. The van der Waals surface area contributed by atoms with Gasteiger partial charge in [-0.3, -0.25) is 4.79 Å². The van der Waals surface area contributed by atoms with Crippen LogP contribution in [0.3, 0.4) is 0 Å². The lowest BCUT2D eigenvalue weighted by molar-refractivity contribution is -0.718. The third-order valence-corrected chi connectivity index (χ3v) is 4.18. The van der Waals surface area contributed by atoms with Crippen LogP contribution in [0.4, 0.5) is 5.69 Å². The fraction of sp³-hybridized carbons (Fsp3) is 0.316. The van der Waals surface area contributed by atoms with E-state index in [1.165, 1.54) is 5.56 Å². The summed E-state index contributed by atoms with van der Waals surface area (Å²) in [6, 6.07) is 17.6. The molecule has 3 N–H and O–H groups in total. The highest BCUT2D eigenvalue weighted by molar-refractivity contribution is 6.30. The van der Waals surface area contributed by atoms with Crippen molar-refractivity contribution in [1.82, 2.24) is 0 Å². The van der Waals surface area contributed by atoms with Gasteiger partial charge in [0.25, 0.3) is 5.91 Å². The Morgan fingerprint density at radius 3 is 2.17 bits per heavy atom. The van der Waals surface area contributed by atoms with Crippen LogP contribution in [0, 0.1) is 5.92 Å². The summed E-state index contributed by atoms with van der Waals surface area (Å²) in [5.41, 5.74) is 2.01. The summed E-state index contributed by atoms with van der Waals surface area (Å²) < 4.78 is 0. The molecule has 2 aromatic carbocycles. The average Bonchev–Trinajstić information content (AvgIpc) is 2.55. The molecule has 0 aliphatic heterocycles. The third-order valence-electron chi connectivity index (χ3n) is 3.92. The number of nitrogens with one attached hydrogen (secondary N) is 1. The van der Waals surface area contributed by atoms with E-state index in [4.69, 9.17) is 11.6 Å². The van der Waals surface area contributed by atoms with Crippen molar-refractivity contribution >= 4 is 23.2 Å². The topological polar surface area (TPSA) is 45.7 Å². The molecule has 2 aromatic rings. The zero-order chi connectivity index (χ0) is 16.8. The summed E-state index contributed by atoms with van der Waals surface area (Å²) in [6.07, 6.45) is 0. The fourth-order valence-electron chi connectivity index (χ4n) is 2.58. The van der Waals surface area contributed by atoms with Gasteiger partial charge in [-0.1, -0.05) is 55.8 Å². The highest BCUT2D eigenvalue weighted by Gasteiger charge is 2.25. The quantitative estimate of drug-likeness (QED) is 0.834. The SMILES string of the molecule is CC(C)[C@H]([NH2+][C@@H](C)C(=O)Nc1ccc(Cl)cc1)c1ccccc1. The minimum Gasteiger partial charge on any atom is -0.330 e. The maximum absolute atomic E-state index is 12.4. The van der Waals surface area contributed by atoms with Gasteiger partial charge in [-0.2, -0.15) is 0 Å². The number of hydrogen-bond acceptors (Lipinski definition) is 1. The van der Waals surface area contributed by atoms with Crippen molar-refractivity contribution in [1.29, 1.82) is 0 Å². The maximum Gasteiger partial charge on any atom is 0.282 e. The van der Waals surface area contributed by atoms with Crippen molar-refractivity contribution in [3.63, 3.8) is 0 Å². The molecule has 0 unspecified atom stereocenters. The Balaban J connectivity index is 2.02. The van der Waals surface area contributed by atoms with Gasteiger partial charge in [0.1, 0.15) is 6.04 Å². The van der Waals surface area contributed by atoms with Gasteiger partial charge in [0.15, 0.2) is 6.04 Å². The van der Waals surface area contributed by atoms with Crippen LogP contribution in [0.1, 0.15) is 32.4 Å². The lowest BCUT2D eigenvalue weighted by atomic mass is 9.95. The van der Waals surface area contributed by atoms with Crippen molar-refractivity contribution in [3.05, 3.63) is 65.2 Å². The Kier molecular flexibility index (Phi) is 6.20. The Labute approximate surface area is 143 Å². The zero-order valence-electron chi connectivity index (χ0n) is 13.8. The molecule has 3 nitrogen and oxygen atoms in total. The highest BCUT2D eigenvalue weighted by Crippen LogP contribution is 2.17. The number of nitrogens with two attached hydrogens (primary N) is 1. The first-order valence-corrected chi connectivity index (χ1v) is 8.31. The summed E-state index contributed by atoms with van der Waals surface area (Å²) in [5, 5.41) is 5.72. The smallest absolute Gasteiger partial charge is 0.282 e. The van der Waals surface area contributed by atoms with E-state index in [2.05, 4.69) is 36.6 Å². The van der Waals surface area contributed by atoms with Gasteiger partial charge in [-0.15, -0.1) is 0 Å². The Hall–Kier alpha value is -1.84. The minimum atomic E-state index is -0.182. The summed E-state index contributed by atoms with van der Waals surface area (Å²) in [4.78, 5) is 12.4. The third kappa shape index (κ3) is 5.08. The highest BCUT2D eigenvalue weighted by atomic mass is 35.5. The lowest BCUT2D eigenvalue weighted by Crippen LogP contribution is -2.93. The van der Waals surface area contributed by atoms with E-state index in [1.807, 2.05) is 37.3 Å². The molecule has 1 amide bonds. The van der Waals surface area contributed by atoms with Crippen molar-refractivity contribution in [2.75, 3.05) is 5.32 Å². The van der Waals surface area contributed by atoms with Gasteiger partial charge in [0, 0.05) is 22.2 Å². The van der Waals surface area contributed by atoms with Gasteiger partial charge < -0.3 is 10.6 Å². The van der Waals surface area contributed by atoms with Gasteiger partial charge in [-0.25, -0.2) is 0 Å². The van der Waals surface area contributed by atoms with Crippen LogP contribution in [0.25, 0.3) is 0 Å². The molecular weight excluding hydrogens is 308 g/mol. The number of rotatable bonds is 6. The van der Waals surface area contributed by atoms with Crippen molar-refractivity contribution in [3.8, 4) is 0 Å². The van der Waals surface area contributed by atoms with E-state index in [-0.39, 0.29) is 18.0 Å². The van der Waals surface area contributed by atoms with Crippen molar-refractivity contribution in [2.45, 2.75) is 32.9 Å². The molecule has 0 aliphatic rings. The molecule has 4 heteroatoms. The van der Waals surface area contributed by atoms with Gasteiger partial charge >= 0.3 is 0 Å². The summed E-state index contributed by atoms with van der Waals surface area (Å²) in [6.45, 7) is 6.29. The average molecular weight is 332 g/mol. The van der Waals surface area contributed by atoms with E-state index >= 15 is 0 Å². The summed E-state index contributed by atoms with van der Waals surface area (Å²) in [5.74, 6) is 0.428. The number of anilines is 1. The second kappa shape index (κ2) is 8.14. The minimum absolute atomic E-state index is 0.00564. The molecule has 2 atom stereocenters. The Bertz CT molecular complexity index is 626. The van der Waals surface area contributed by atoms with Crippen LogP contribution in [0.15, 0.2) is 54.6 Å². The largest absolute Gasteiger partial charge is 0.330 e. The Morgan fingerprint density at radius 2 is 1.61 bits per heavy atom. The number of carbonyl (C=O) groups is 1. The molecule has 0 spiro atoms. The van der Waals surface area contributed by atoms with Crippen LogP contribution >= 0.6 is 11.6 Å². The predicted molar refractivity (Wildman–Crippen MR) is 95.5 cm³/mol. The van der Waals surface area contributed by atoms with Crippen LogP contribution in [-0.2, 0) is 4.79 Å². The number of amides is 1. The van der Waals surface area contributed by atoms with E-state index < -0.39 is 0 Å². The Morgan fingerprint density at radius 1 is 1.00 bits per heavy atom. The number of hydrogen-bond donors (Lipinski definition) is 2. The summed E-state index contributed by atoms with van der Waals surface area (Å²) >= 11 is 5.86. The van der Waals surface area contributed by atoms with Crippen LogP contribution in [-0.4, -0.2) is 11.9 Å². The molecule has 0 saturated heterocycles. The van der Waals surface area contributed by atoms with E-state index in [9.17, 15) is 4.79 Å². The second-order valence-electron chi connectivity index (χ2n) is 6.16. The fourth-order valence-corrected chi connectivity index (χ4v) is 2.71. The number of carbonyl (C=O) groups excluding carboxylic acids is 1. The molecule has 0 bridgehead atoms. The molecule has 0 heterocycles. The standard InChI is InChI=1S/C19H23ClN2O/c1-13(2)18(15-7-5-4-6-8-15)21-14(3)19(23)22-17-11-9-16(20)10-12-17/h4-14,18,21H,1-3H3,(H,22,23)/p+1/t14-,18-/m0/s1. The van der Waals surface area contributed by atoms with Gasteiger partial charge in [0.2, 0.25) is 0 Å². The van der Waals surface area contributed by atoms with Gasteiger partial charge in [0.05, 0.1) is 0 Å². The number of benzene rings is 2. The van der Waals surface area contributed by atoms with Crippen molar-refractivity contribution < 1.29 is 10.1 Å². The zero-order valence-corrected chi connectivity index (χ0v) is 14.5. The first kappa shape index (κ1) is 17.5. The first-order chi connectivity index (χ1) is 11.0. The second-order valence-corrected chi connectivity index (χ2v) is 6.59. The van der Waals surface area contributed by atoms with Crippen LogP contribution in [0.2, 0.25) is 5.02 Å². The number of quaternary nitrogens is 1.